The highest BCUT2D eigenvalue weighted by Crippen LogP contribution is 2.35. The summed E-state index contributed by atoms with van der Waals surface area (Å²) in [6.45, 7) is 0. The number of fused-ring (bicyclic) bond motifs is 1. The van der Waals surface area contributed by atoms with Crippen LogP contribution in [0.1, 0.15) is 11.3 Å². The highest BCUT2D eigenvalue weighted by atomic mass is 16.5. The van der Waals surface area contributed by atoms with Crippen molar-refractivity contribution in [2.24, 2.45) is 0 Å². The molecule has 1 aromatic heterocycles. The molecule has 0 saturated carbocycles. The minimum atomic E-state index is -0.205. The number of anilines is 1. The first-order valence-corrected chi connectivity index (χ1v) is 8.29. The average molecular weight is 370 g/mol. The summed E-state index contributed by atoms with van der Waals surface area (Å²) in [6, 6.07) is 8.67. The molecule has 0 aliphatic heterocycles. The minimum Gasteiger partial charge on any atom is -0.493 e. The first-order valence-electron chi connectivity index (χ1n) is 8.29. The predicted molar refractivity (Wildman–Crippen MR) is 104 cm³/mol. The Balaban J connectivity index is 2.16. The first kappa shape index (κ1) is 18.4. The van der Waals surface area contributed by atoms with Gasteiger partial charge in [0.05, 0.1) is 28.4 Å². The lowest BCUT2D eigenvalue weighted by molar-refractivity contribution is 0.355. The normalized spacial score (nSPS) is 10.7. The number of nitrogens with one attached hydrogen (secondary N) is 1. The van der Waals surface area contributed by atoms with Crippen molar-refractivity contribution in [3.8, 4) is 23.0 Å². The van der Waals surface area contributed by atoms with Gasteiger partial charge in [0.25, 0.3) is 0 Å². The van der Waals surface area contributed by atoms with Gasteiger partial charge in [-0.3, -0.25) is 4.79 Å². The zero-order valence-electron chi connectivity index (χ0n) is 15.7. The summed E-state index contributed by atoms with van der Waals surface area (Å²) >= 11 is 0. The Morgan fingerprint density at radius 1 is 0.815 bits per heavy atom. The number of ether oxygens (including phenoxy) is 4. The molecule has 0 radical (unpaired) electrons. The second-order valence-corrected chi connectivity index (χ2v) is 5.99. The molecular weight excluding hydrogens is 348 g/mol. The Morgan fingerprint density at radius 2 is 1.37 bits per heavy atom. The number of aromatic amines is 1. The quantitative estimate of drug-likeness (QED) is 0.648. The standard InChI is InChI=1S/C20H22N2O5/c1-24-16-6-11-8-20(23)22-15(13(11)9-18(16)26-3)5-12-7-17(25-2)19(27-4)10-14(12)21/h6-10H,5,21H2,1-4H3,(H,22,23). The molecule has 0 atom stereocenters. The third kappa shape index (κ3) is 3.48. The van der Waals surface area contributed by atoms with Crippen LogP contribution in [0.2, 0.25) is 0 Å². The van der Waals surface area contributed by atoms with E-state index in [-0.39, 0.29) is 5.56 Å². The summed E-state index contributed by atoms with van der Waals surface area (Å²) in [5.41, 5.74) is 8.05. The van der Waals surface area contributed by atoms with E-state index < -0.39 is 0 Å². The highest BCUT2D eigenvalue weighted by Gasteiger charge is 2.14. The summed E-state index contributed by atoms with van der Waals surface area (Å²) in [5.74, 6) is 2.27. The molecule has 3 N–H and O–H groups in total. The molecule has 142 valence electrons. The van der Waals surface area contributed by atoms with Gasteiger partial charge in [-0.05, 0) is 29.1 Å². The maximum absolute atomic E-state index is 12.2. The molecule has 3 aromatic rings. The number of pyridine rings is 1. The second-order valence-electron chi connectivity index (χ2n) is 5.99. The molecule has 1 heterocycles. The molecule has 0 saturated heterocycles. The van der Waals surface area contributed by atoms with Gasteiger partial charge in [0, 0.05) is 35.3 Å². The summed E-state index contributed by atoms with van der Waals surface area (Å²) in [6.07, 6.45) is 0.411. The number of nitrogens with two attached hydrogens (primary N) is 1. The number of hydrogen-bond acceptors (Lipinski definition) is 6. The monoisotopic (exact) mass is 370 g/mol. The van der Waals surface area contributed by atoms with E-state index in [1.165, 1.54) is 6.07 Å². The fourth-order valence-corrected chi connectivity index (χ4v) is 3.09. The van der Waals surface area contributed by atoms with Crippen LogP contribution >= 0.6 is 0 Å². The van der Waals surface area contributed by atoms with E-state index in [1.54, 1.807) is 40.6 Å². The molecule has 0 fully saturated rings. The third-order valence-corrected chi connectivity index (χ3v) is 4.45. The maximum Gasteiger partial charge on any atom is 0.248 e. The predicted octanol–water partition coefficient (Wildman–Crippen LogP) is 2.74. The van der Waals surface area contributed by atoms with Gasteiger partial charge in [0.15, 0.2) is 23.0 Å². The summed E-state index contributed by atoms with van der Waals surface area (Å²) in [7, 11) is 6.25. The van der Waals surface area contributed by atoms with Gasteiger partial charge in [-0.15, -0.1) is 0 Å². The number of rotatable bonds is 6. The number of benzene rings is 2. The average Bonchev–Trinajstić information content (AvgIpc) is 2.67. The van der Waals surface area contributed by atoms with E-state index in [0.717, 1.165) is 22.0 Å². The molecular formula is C20H22N2O5. The number of methoxy groups -OCH3 is 4. The van der Waals surface area contributed by atoms with Crippen LogP contribution < -0.4 is 30.2 Å². The van der Waals surface area contributed by atoms with Gasteiger partial charge in [0.2, 0.25) is 5.56 Å². The van der Waals surface area contributed by atoms with Crippen LogP contribution in [0.3, 0.4) is 0 Å². The zero-order valence-corrected chi connectivity index (χ0v) is 15.7. The van der Waals surface area contributed by atoms with Crippen LogP contribution in [0.15, 0.2) is 35.1 Å². The molecule has 27 heavy (non-hydrogen) atoms. The lowest BCUT2D eigenvalue weighted by atomic mass is 10.0. The van der Waals surface area contributed by atoms with Crippen molar-refractivity contribution in [1.82, 2.24) is 4.98 Å². The Bertz CT molecular complexity index is 1040. The third-order valence-electron chi connectivity index (χ3n) is 4.45. The molecule has 7 nitrogen and oxygen atoms in total. The van der Waals surface area contributed by atoms with Gasteiger partial charge in [-0.1, -0.05) is 0 Å². The van der Waals surface area contributed by atoms with Crippen LogP contribution in [0, 0.1) is 0 Å². The summed E-state index contributed by atoms with van der Waals surface area (Å²) < 4.78 is 21.4. The van der Waals surface area contributed by atoms with Crippen LogP contribution in [0.5, 0.6) is 23.0 Å². The second kappa shape index (κ2) is 7.49. The molecule has 0 aliphatic rings. The van der Waals surface area contributed by atoms with Gasteiger partial charge < -0.3 is 29.7 Å². The SMILES string of the molecule is COc1cc(N)c(Cc2[nH]c(=O)cc3cc(OC)c(OC)cc23)cc1OC. The van der Waals surface area contributed by atoms with E-state index in [4.69, 9.17) is 24.7 Å². The molecule has 2 aromatic carbocycles. The molecule has 0 unspecified atom stereocenters. The molecule has 0 spiro atoms. The Labute approximate surface area is 156 Å². The van der Waals surface area contributed by atoms with E-state index in [2.05, 4.69) is 4.98 Å². The van der Waals surface area contributed by atoms with Crippen molar-refractivity contribution in [2.45, 2.75) is 6.42 Å². The van der Waals surface area contributed by atoms with Crippen molar-refractivity contribution in [3.63, 3.8) is 0 Å². The Kier molecular flexibility index (Phi) is 5.12. The number of hydrogen-bond donors (Lipinski definition) is 2. The van der Waals surface area contributed by atoms with Gasteiger partial charge in [-0.2, -0.15) is 0 Å². The van der Waals surface area contributed by atoms with Crippen molar-refractivity contribution in [3.05, 3.63) is 51.9 Å². The minimum absolute atomic E-state index is 0.205. The van der Waals surface area contributed by atoms with Crippen LogP contribution in [0.25, 0.3) is 10.8 Å². The van der Waals surface area contributed by atoms with E-state index in [1.807, 2.05) is 12.1 Å². The number of H-pyrrole nitrogens is 1. The highest BCUT2D eigenvalue weighted by molar-refractivity contribution is 5.88. The summed E-state index contributed by atoms with van der Waals surface area (Å²) in [5, 5.41) is 1.60. The maximum atomic E-state index is 12.2. The van der Waals surface area contributed by atoms with Crippen LogP contribution in [0.4, 0.5) is 5.69 Å². The molecule has 7 heteroatoms. The smallest absolute Gasteiger partial charge is 0.248 e. The fraction of sp³-hybridized carbons (Fsp3) is 0.250. The van der Waals surface area contributed by atoms with Gasteiger partial charge >= 0.3 is 0 Å². The topological polar surface area (TPSA) is 95.8 Å². The van der Waals surface area contributed by atoms with Gasteiger partial charge in [0.1, 0.15) is 0 Å². The molecule has 0 bridgehead atoms. The first-order chi connectivity index (χ1) is 13.0. The van der Waals surface area contributed by atoms with Crippen molar-refractivity contribution < 1.29 is 18.9 Å². The van der Waals surface area contributed by atoms with Crippen LogP contribution in [-0.2, 0) is 6.42 Å². The van der Waals surface area contributed by atoms with Crippen molar-refractivity contribution >= 4 is 16.5 Å². The van der Waals surface area contributed by atoms with Crippen molar-refractivity contribution in [1.29, 1.82) is 0 Å². The zero-order chi connectivity index (χ0) is 19.6. The van der Waals surface area contributed by atoms with E-state index in [9.17, 15) is 4.79 Å². The summed E-state index contributed by atoms with van der Waals surface area (Å²) in [4.78, 5) is 15.1. The molecule has 0 amide bonds. The van der Waals surface area contributed by atoms with Crippen molar-refractivity contribution in [2.75, 3.05) is 34.2 Å². The van der Waals surface area contributed by atoms with E-state index in [0.29, 0.717) is 35.1 Å². The van der Waals surface area contributed by atoms with E-state index >= 15 is 0 Å². The largest absolute Gasteiger partial charge is 0.493 e. The number of aromatic nitrogens is 1. The van der Waals surface area contributed by atoms with Crippen LogP contribution in [-0.4, -0.2) is 33.4 Å². The lowest BCUT2D eigenvalue weighted by Gasteiger charge is -2.14. The number of nitrogen functional groups attached to an aromatic ring is 1. The molecule has 0 aliphatic carbocycles. The van der Waals surface area contributed by atoms with Gasteiger partial charge in [-0.25, -0.2) is 0 Å². The fourth-order valence-electron chi connectivity index (χ4n) is 3.09. The Morgan fingerprint density at radius 3 is 2.00 bits per heavy atom. The molecule has 3 rings (SSSR count). The lowest BCUT2D eigenvalue weighted by Crippen LogP contribution is -2.10. The Hall–Kier alpha value is -3.35.